The molecule has 1 fully saturated rings. The maximum absolute atomic E-state index is 11.7. The van der Waals surface area contributed by atoms with Crippen molar-refractivity contribution in [3.63, 3.8) is 0 Å². The van der Waals surface area contributed by atoms with Gasteiger partial charge in [-0.25, -0.2) is 0 Å². The summed E-state index contributed by atoms with van der Waals surface area (Å²) in [5.41, 5.74) is 8.99. The highest BCUT2D eigenvalue weighted by molar-refractivity contribution is 6.45. The molecule has 1 saturated carbocycles. The topological polar surface area (TPSA) is 86.3 Å². The first-order valence-electron chi connectivity index (χ1n) is 8.80. The first-order chi connectivity index (χ1) is 13.1. The van der Waals surface area contributed by atoms with Gasteiger partial charge < -0.3 is 15.4 Å². The summed E-state index contributed by atoms with van der Waals surface area (Å²) in [6.07, 6.45) is 2.14. The van der Waals surface area contributed by atoms with Crippen molar-refractivity contribution in [1.82, 2.24) is 0 Å². The molecule has 2 N–H and O–H groups in total. The second-order valence-corrected chi connectivity index (χ2v) is 6.54. The molecule has 0 aliphatic heterocycles. The molecule has 1 amide bonds. The van der Waals surface area contributed by atoms with E-state index in [-0.39, 0.29) is 17.7 Å². The van der Waals surface area contributed by atoms with Crippen LogP contribution in [-0.2, 0) is 26.5 Å². The van der Waals surface area contributed by atoms with Crippen molar-refractivity contribution in [2.24, 2.45) is 16.0 Å². The molecule has 1 aliphatic carbocycles. The van der Waals surface area contributed by atoms with Gasteiger partial charge in [0.15, 0.2) is 5.71 Å². The predicted molar refractivity (Wildman–Crippen MR) is 104 cm³/mol. The molecule has 1 aliphatic rings. The van der Waals surface area contributed by atoms with Crippen LogP contribution in [0.1, 0.15) is 36.5 Å². The molecule has 0 radical (unpaired) electrons. The zero-order valence-electron chi connectivity index (χ0n) is 15.5. The lowest BCUT2D eigenvalue weighted by Crippen LogP contribution is -2.25. The molecule has 2 aromatic rings. The number of nitrogens with two attached hydrogens (primary N) is 1. The van der Waals surface area contributed by atoms with Crippen molar-refractivity contribution in [1.29, 1.82) is 0 Å². The van der Waals surface area contributed by atoms with Crippen molar-refractivity contribution < 1.29 is 14.5 Å². The number of hydrogen-bond acceptors (Lipinski definition) is 5. The second-order valence-electron chi connectivity index (χ2n) is 6.54. The highest BCUT2D eigenvalue weighted by Crippen LogP contribution is 2.49. The fourth-order valence-electron chi connectivity index (χ4n) is 3.22. The third-order valence-electron chi connectivity index (χ3n) is 4.88. The Morgan fingerprint density at radius 2 is 1.74 bits per heavy atom. The number of hydrogen-bond donors (Lipinski definition) is 1. The van der Waals surface area contributed by atoms with Crippen LogP contribution in [0, 0.1) is 0 Å². The van der Waals surface area contributed by atoms with Gasteiger partial charge in [0, 0.05) is 16.5 Å². The van der Waals surface area contributed by atoms with Gasteiger partial charge in [0.05, 0.1) is 5.71 Å². The summed E-state index contributed by atoms with van der Waals surface area (Å²) in [4.78, 5) is 22.0. The van der Waals surface area contributed by atoms with Crippen LogP contribution in [0.15, 0.2) is 64.9 Å². The third kappa shape index (κ3) is 4.00. The van der Waals surface area contributed by atoms with E-state index in [0.717, 1.165) is 24.1 Å². The van der Waals surface area contributed by atoms with E-state index in [1.165, 1.54) is 12.7 Å². The van der Waals surface area contributed by atoms with Crippen molar-refractivity contribution in [3.05, 3.63) is 71.3 Å². The minimum Gasteiger partial charge on any atom is -0.398 e. The van der Waals surface area contributed by atoms with Crippen LogP contribution in [0.25, 0.3) is 0 Å². The van der Waals surface area contributed by atoms with Crippen molar-refractivity contribution in [3.8, 4) is 0 Å². The Hall–Kier alpha value is -3.15. The number of carbonyl (C=O) groups is 1. The first kappa shape index (κ1) is 18.6. The molecule has 6 nitrogen and oxygen atoms in total. The van der Waals surface area contributed by atoms with E-state index < -0.39 is 5.91 Å². The molecule has 0 heterocycles. The molecular formula is C21H23N3O3. The minimum absolute atomic E-state index is 0.0172. The summed E-state index contributed by atoms with van der Waals surface area (Å²) in [5.74, 6) is -0.662. The van der Waals surface area contributed by atoms with Gasteiger partial charge in [0.1, 0.15) is 13.7 Å². The molecule has 0 aromatic heterocycles. The Bertz CT molecular complexity index is 871. The number of amides is 1. The molecule has 0 spiro atoms. The summed E-state index contributed by atoms with van der Waals surface area (Å²) in [7, 11) is 1.37. The van der Waals surface area contributed by atoms with Crippen molar-refractivity contribution >= 4 is 17.3 Å². The van der Waals surface area contributed by atoms with Crippen molar-refractivity contribution in [2.45, 2.75) is 31.8 Å². The molecule has 0 bridgehead atoms. The number of carbonyl (C=O) groups excluding carboxylic acids is 1. The van der Waals surface area contributed by atoms with Gasteiger partial charge in [-0.3, -0.25) is 4.79 Å². The maximum Gasteiger partial charge on any atom is 0.271 e. The summed E-state index contributed by atoms with van der Waals surface area (Å²) in [6, 6.07) is 17.6. The van der Waals surface area contributed by atoms with Crippen LogP contribution in [-0.4, -0.2) is 24.4 Å². The molecule has 0 atom stereocenters. The monoisotopic (exact) mass is 365 g/mol. The zero-order chi connectivity index (χ0) is 19.3. The molecule has 6 heteroatoms. The van der Waals surface area contributed by atoms with Gasteiger partial charge in [-0.1, -0.05) is 64.9 Å². The summed E-state index contributed by atoms with van der Waals surface area (Å²) in [5, 5.41) is 8.09. The van der Waals surface area contributed by atoms with Gasteiger partial charge in [-0.05, 0) is 25.3 Å². The normalized spacial score (nSPS) is 15.9. The SMILES string of the molecule is CON=C(C(N)=O)c1ccccc1CON=C(C)C1(c2ccccc2)CC1. The molecular weight excluding hydrogens is 342 g/mol. The number of nitrogens with zero attached hydrogens (tertiary/aromatic N) is 2. The fourth-order valence-corrected chi connectivity index (χ4v) is 3.22. The number of benzene rings is 2. The van der Waals surface area contributed by atoms with Gasteiger partial charge in [-0.15, -0.1) is 0 Å². The number of primary amides is 1. The van der Waals surface area contributed by atoms with E-state index in [9.17, 15) is 4.79 Å². The quantitative estimate of drug-likeness (QED) is 0.576. The van der Waals surface area contributed by atoms with E-state index in [2.05, 4.69) is 22.4 Å². The minimum atomic E-state index is -0.662. The molecule has 0 unspecified atom stereocenters. The van der Waals surface area contributed by atoms with Crippen molar-refractivity contribution in [2.75, 3.05) is 7.11 Å². The molecule has 27 heavy (non-hydrogen) atoms. The smallest absolute Gasteiger partial charge is 0.271 e. The summed E-state index contributed by atoms with van der Waals surface area (Å²) in [6.45, 7) is 2.20. The van der Waals surface area contributed by atoms with Gasteiger partial charge in [0.2, 0.25) is 0 Å². The largest absolute Gasteiger partial charge is 0.398 e. The number of oxime groups is 2. The van der Waals surface area contributed by atoms with Crippen LogP contribution >= 0.6 is 0 Å². The fraction of sp³-hybridized carbons (Fsp3) is 0.286. The lowest BCUT2D eigenvalue weighted by atomic mass is 9.92. The Balaban J connectivity index is 1.76. The Morgan fingerprint density at radius 3 is 2.37 bits per heavy atom. The Morgan fingerprint density at radius 1 is 1.07 bits per heavy atom. The average Bonchev–Trinajstić information content (AvgIpc) is 3.49. The van der Waals surface area contributed by atoms with Crippen LogP contribution in [0.5, 0.6) is 0 Å². The highest BCUT2D eigenvalue weighted by Gasteiger charge is 2.47. The van der Waals surface area contributed by atoms with Gasteiger partial charge in [-0.2, -0.15) is 0 Å². The summed E-state index contributed by atoms with van der Waals surface area (Å²) >= 11 is 0. The number of rotatable bonds is 8. The lowest BCUT2D eigenvalue weighted by molar-refractivity contribution is -0.112. The van der Waals surface area contributed by atoms with E-state index in [1.54, 1.807) is 12.1 Å². The molecule has 0 saturated heterocycles. The predicted octanol–water partition coefficient (Wildman–Crippen LogP) is 3.15. The summed E-state index contributed by atoms with van der Waals surface area (Å²) < 4.78 is 0. The maximum atomic E-state index is 11.7. The van der Waals surface area contributed by atoms with Gasteiger partial charge in [0.25, 0.3) is 5.91 Å². The Labute approximate surface area is 158 Å². The van der Waals surface area contributed by atoms with Crippen LogP contribution in [0.4, 0.5) is 0 Å². The zero-order valence-corrected chi connectivity index (χ0v) is 15.5. The van der Waals surface area contributed by atoms with Crippen LogP contribution in [0.3, 0.4) is 0 Å². The van der Waals surface area contributed by atoms with Crippen LogP contribution < -0.4 is 5.73 Å². The lowest BCUT2D eigenvalue weighted by Gasteiger charge is -2.15. The molecule has 3 rings (SSSR count). The average molecular weight is 365 g/mol. The Kier molecular flexibility index (Phi) is 5.54. The van der Waals surface area contributed by atoms with E-state index >= 15 is 0 Å². The molecule has 140 valence electrons. The van der Waals surface area contributed by atoms with E-state index in [1.807, 2.05) is 37.3 Å². The molecule has 2 aromatic carbocycles. The third-order valence-corrected chi connectivity index (χ3v) is 4.88. The van der Waals surface area contributed by atoms with E-state index in [4.69, 9.17) is 15.4 Å². The van der Waals surface area contributed by atoms with Crippen LogP contribution in [0.2, 0.25) is 0 Å². The highest BCUT2D eigenvalue weighted by atomic mass is 16.6. The van der Waals surface area contributed by atoms with E-state index in [0.29, 0.717) is 5.56 Å². The second kappa shape index (κ2) is 8.03. The van der Waals surface area contributed by atoms with Gasteiger partial charge >= 0.3 is 0 Å². The standard InChI is InChI=1S/C21H23N3O3/c1-15(21(12-13-21)17-9-4-3-5-10-17)23-27-14-16-8-6-7-11-18(16)19(20(22)25)24-26-2/h3-11H,12-14H2,1-2H3,(H2,22,25). The first-order valence-corrected chi connectivity index (χ1v) is 8.80.